The first-order valence-electron chi connectivity index (χ1n) is 7.09. The summed E-state index contributed by atoms with van der Waals surface area (Å²) < 4.78 is 0. The Labute approximate surface area is 108 Å². The van der Waals surface area contributed by atoms with Gasteiger partial charge >= 0.3 is 5.97 Å². The van der Waals surface area contributed by atoms with Gasteiger partial charge in [0.15, 0.2) is 0 Å². The van der Waals surface area contributed by atoms with E-state index in [1.807, 2.05) is 0 Å². The first kappa shape index (κ1) is 13.4. The molecule has 0 spiro atoms. The number of carbonyl (C=O) groups is 2. The number of piperidine rings is 1. The molecular weight excluding hydrogens is 230 g/mol. The van der Waals surface area contributed by atoms with Gasteiger partial charge in [-0.1, -0.05) is 32.1 Å². The summed E-state index contributed by atoms with van der Waals surface area (Å²) in [5.41, 5.74) is 0. The molecule has 0 aromatic heterocycles. The highest BCUT2D eigenvalue weighted by atomic mass is 16.4. The highest BCUT2D eigenvalue weighted by Gasteiger charge is 2.37. The molecule has 4 heteroatoms. The first-order chi connectivity index (χ1) is 8.59. The van der Waals surface area contributed by atoms with Crippen LogP contribution in [0.1, 0.15) is 51.9 Å². The minimum atomic E-state index is -0.854. The Kier molecular flexibility index (Phi) is 4.25. The molecule has 1 aliphatic carbocycles. The van der Waals surface area contributed by atoms with Crippen LogP contribution in [0.4, 0.5) is 0 Å². The van der Waals surface area contributed by atoms with Gasteiger partial charge in [0.2, 0.25) is 5.91 Å². The number of carboxylic acids is 1. The van der Waals surface area contributed by atoms with E-state index in [9.17, 15) is 9.59 Å². The van der Waals surface area contributed by atoms with E-state index in [2.05, 4.69) is 0 Å². The van der Waals surface area contributed by atoms with E-state index in [1.165, 1.54) is 39.0 Å². The monoisotopic (exact) mass is 253 g/mol. The average molecular weight is 253 g/mol. The number of hydrogen-bond donors (Lipinski definition) is 1. The zero-order valence-electron chi connectivity index (χ0n) is 11.1. The Bertz CT molecular complexity index is 323. The molecule has 1 aliphatic heterocycles. The highest BCUT2D eigenvalue weighted by Crippen LogP contribution is 2.36. The molecule has 2 fully saturated rings. The van der Waals surface area contributed by atoms with Gasteiger partial charge in [0, 0.05) is 13.5 Å². The van der Waals surface area contributed by atoms with Crippen LogP contribution in [0.25, 0.3) is 0 Å². The second-order valence-electron chi connectivity index (χ2n) is 5.76. The Morgan fingerprint density at radius 2 is 1.67 bits per heavy atom. The van der Waals surface area contributed by atoms with E-state index in [0.29, 0.717) is 24.8 Å². The molecule has 0 radical (unpaired) electrons. The van der Waals surface area contributed by atoms with Crippen LogP contribution in [0, 0.1) is 11.8 Å². The second kappa shape index (κ2) is 5.72. The molecule has 1 saturated carbocycles. The number of aliphatic carboxylic acids is 1. The van der Waals surface area contributed by atoms with Crippen molar-refractivity contribution in [1.29, 1.82) is 0 Å². The van der Waals surface area contributed by atoms with Gasteiger partial charge in [-0.15, -0.1) is 0 Å². The normalized spacial score (nSPS) is 30.2. The van der Waals surface area contributed by atoms with Crippen molar-refractivity contribution in [2.24, 2.45) is 11.8 Å². The van der Waals surface area contributed by atoms with Gasteiger partial charge in [0.25, 0.3) is 0 Å². The lowest BCUT2D eigenvalue weighted by Crippen LogP contribution is -2.51. The van der Waals surface area contributed by atoms with E-state index >= 15 is 0 Å². The number of carbonyl (C=O) groups excluding carboxylic acids is 1. The van der Waals surface area contributed by atoms with E-state index in [-0.39, 0.29) is 5.91 Å². The smallest absolute Gasteiger partial charge is 0.326 e. The van der Waals surface area contributed by atoms with Crippen molar-refractivity contribution < 1.29 is 14.7 Å². The van der Waals surface area contributed by atoms with Gasteiger partial charge in [0.1, 0.15) is 6.04 Å². The molecule has 1 N–H and O–H groups in total. The third-order valence-electron chi connectivity index (χ3n) is 4.62. The lowest BCUT2D eigenvalue weighted by molar-refractivity contribution is -0.153. The second-order valence-corrected chi connectivity index (χ2v) is 5.76. The number of carboxylic acid groups (broad SMARTS) is 1. The van der Waals surface area contributed by atoms with Crippen LogP contribution in [0.2, 0.25) is 0 Å². The third kappa shape index (κ3) is 2.85. The molecule has 2 rings (SSSR count). The van der Waals surface area contributed by atoms with Gasteiger partial charge in [-0.25, -0.2) is 4.79 Å². The van der Waals surface area contributed by atoms with Crippen molar-refractivity contribution in [2.75, 3.05) is 6.54 Å². The highest BCUT2D eigenvalue weighted by molar-refractivity contribution is 5.82. The number of hydrogen-bond acceptors (Lipinski definition) is 2. The topological polar surface area (TPSA) is 57.6 Å². The Morgan fingerprint density at radius 3 is 2.22 bits per heavy atom. The van der Waals surface area contributed by atoms with Crippen molar-refractivity contribution in [1.82, 2.24) is 4.90 Å². The zero-order valence-corrected chi connectivity index (χ0v) is 11.1. The largest absolute Gasteiger partial charge is 0.480 e. The predicted octanol–water partition coefficient (Wildman–Crippen LogP) is 2.28. The summed E-state index contributed by atoms with van der Waals surface area (Å²) in [5, 5.41) is 9.16. The number of rotatable bonds is 2. The molecule has 2 atom stereocenters. The fraction of sp³-hybridized carbons (Fsp3) is 0.857. The van der Waals surface area contributed by atoms with Crippen molar-refractivity contribution in [3.05, 3.63) is 0 Å². The van der Waals surface area contributed by atoms with Crippen molar-refractivity contribution in [3.8, 4) is 0 Å². The van der Waals surface area contributed by atoms with E-state index in [4.69, 9.17) is 5.11 Å². The summed E-state index contributed by atoms with van der Waals surface area (Å²) in [6.45, 7) is 2.14. The van der Waals surface area contributed by atoms with Crippen LogP contribution in [-0.2, 0) is 9.59 Å². The molecule has 1 heterocycles. The van der Waals surface area contributed by atoms with Crippen LogP contribution in [0.15, 0.2) is 0 Å². The zero-order chi connectivity index (χ0) is 13.1. The Balaban J connectivity index is 2.01. The van der Waals surface area contributed by atoms with Crippen LogP contribution in [0.5, 0.6) is 0 Å². The van der Waals surface area contributed by atoms with Crippen molar-refractivity contribution >= 4 is 11.9 Å². The molecule has 0 bridgehead atoms. The standard InChI is InChI=1S/C14H23NO3/c1-10(16)15-9-12(7-8-13(15)14(17)18)11-5-3-2-4-6-11/h11-13H,2-9H2,1H3,(H,17,18)/t12-,13-/m1/s1. The number of nitrogens with zero attached hydrogens (tertiary/aromatic N) is 1. The number of amides is 1. The van der Waals surface area contributed by atoms with Crippen LogP contribution in [0.3, 0.4) is 0 Å². The summed E-state index contributed by atoms with van der Waals surface area (Å²) in [6, 6.07) is -0.595. The van der Waals surface area contributed by atoms with Gasteiger partial charge in [-0.05, 0) is 24.7 Å². The van der Waals surface area contributed by atoms with Crippen LogP contribution < -0.4 is 0 Å². The molecule has 0 unspecified atom stereocenters. The van der Waals surface area contributed by atoms with Gasteiger partial charge in [-0.2, -0.15) is 0 Å². The van der Waals surface area contributed by atoms with E-state index in [0.717, 1.165) is 6.42 Å². The maximum Gasteiger partial charge on any atom is 0.326 e. The lowest BCUT2D eigenvalue weighted by Gasteiger charge is -2.41. The van der Waals surface area contributed by atoms with Gasteiger partial charge in [0.05, 0.1) is 0 Å². The molecule has 1 amide bonds. The SMILES string of the molecule is CC(=O)N1C[C@H](C2CCCCC2)CC[C@@H]1C(=O)O. The fourth-order valence-corrected chi connectivity index (χ4v) is 3.59. The van der Waals surface area contributed by atoms with Crippen LogP contribution >= 0.6 is 0 Å². The summed E-state index contributed by atoms with van der Waals surface area (Å²) in [7, 11) is 0. The van der Waals surface area contributed by atoms with Crippen molar-refractivity contribution in [2.45, 2.75) is 57.9 Å². The molecule has 0 aromatic rings. The maximum absolute atomic E-state index is 11.6. The maximum atomic E-state index is 11.6. The minimum Gasteiger partial charge on any atom is -0.480 e. The Morgan fingerprint density at radius 1 is 1.00 bits per heavy atom. The molecule has 18 heavy (non-hydrogen) atoms. The van der Waals surface area contributed by atoms with E-state index < -0.39 is 12.0 Å². The third-order valence-corrected chi connectivity index (χ3v) is 4.62. The summed E-state index contributed by atoms with van der Waals surface area (Å²) in [6.07, 6.45) is 8.02. The van der Waals surface area contributed by atoms with Crippen molar-refractivity contribution in [3.63, 3.8) is 0 Å². The Hall–Kier alpha value is -1.06. The summed E-state index contributed by atoms with van der Waals surface area (Å²) >= 11 is 0. The molecule has 4 nitrogen and oxygen atoms in total. The van der Waals surface area contributed by atoms with Gasteiger partial charge in [-0.3, -0.25) is 4.79 Å². The fourth-order valence-electron chi connectivity index (χ4n) is 3.59. The molecule has 2 aliphatic rings. The quantitative estimate of drug-likeness (QED) is 0.821. The predicted molar refractivity (Wildman–Crippen MR) is 68.1 cm³/mol. The van der Waals surface area contributed by atoms with E-state index in [1.54, 1.807) is 4.90 Å². The minimum absolute atomic E-state index is 0.0945. The molecule has 1 saturated heterocycles. The summed E-state index contributed by atoms with van der Waals surface area (Å²) in [4.78, 5) is 24.3. The molecular formula is C14H23NO3. The molecule has 102 valence electrons. The first-order valence-corrected chi connectivity index (χ1v) is 7.09. The average Bonchev–Trinajstić information content (AvgIpc) is 2.39. The molecule has 0 aromatic carbocycles. The van der Waals surface area contributed by atoms with Crippen LogP contribution in [-0.4, -0.2) is 34.5 Å². The lowest BCUT2D eigenvalue weighted by atomic mass is 9.75. The van der Waals surface area contributed by atoms with Gasteiger partial charge < -0.3 is 10.0 Å². The summed E-state index contributed by atoms with van der Waals surface area (Å²) in [5.74, 6) is 0.273. The number of likely N-dealkylation sites (tertiary alicyclic amines) is 1.